The van der Waals surface area contributed by atoms with Crippen LogP contribution in [-0.4, -0.2) is 66.7 Å². The van der Waals surface area contributed by atoms with Gasteiger partial charge < -0.3 is 20.2 Å². The average molecular weight is 283 g/mol. The lowest BCUT2D eigenvalue weighted by molar-refractivity contribution is -0.142. The number of carbonyl (C=O) groups excluding carboxylic acids is 1. The molecule has 114 valence electrons. The maximum atomic E-state index is 12.2. The Morgan fingerprint density at radius 2 is 2.10 bits per heavy atom. The molecular formula is C14H25N3O3. The van der Waals surface area contributed by atoms with Crippen molar-refractivity contribution in [3.63, 3.8) is 0 Å². The Balaban J connectivity index is 1.87. The number of amides is 2. The van der Waals surface area contributed by atoms with E-state index in [9.17, 15) is 14.7 Å². The van der Waals surface area contributed by atoms with Crippen molar-refractivity contribution in [2.24, 2.45) is 11.8 Å². The summed E-state index contributed by atoms with van der Waals surface area (Å²) in [5.74, 6) is -0.327. The molecule has 6 heteroatoms. The monoisotopic (exact) mass is 283 g/mol. The van der Waals surface area contributed by atoms with Crippen molar-refractivity contribution in [3.8, 4) is 0 Å². The van der Waals surface area contributed by atoms with Crippen molar-refractivity contribution in [2.45, 2.75) is 31.7 Å². The highest BCUT2D eigenvalue weighted by Crippen LogP contribution is 2.42. The summed E-state index contributed by atoms with van der Waals surface area (Å²) < 4.78 is 0. The first-order valence-electron chi connectivity index (χ1n) is 7.42. The molecule has 1 saturated carbocycles. The van der Waals surface area contributed by atoms with E-state index in [1.54, 1.807) is 0 Å². The summed E-state index contributed by atoms with van der Waals surface area (Å²) in [5.41, 5.74) is 0. The van der Waals surface area contributed by atoms with Gasteiger partial charge in [-0.2, -0.15) is 0 Å². The predicted octanol–water partition coefficient (Wildman–Crippen LogP) is 0.833. The van der Waals surface area contributed by atoms with Crippen LogP contribution in [0.2, 0.25) is 0 Å². The summed E-state index contributed by atoms with van der Waals surface area (Å²) in [5, 5.41) is 12.2. The lowest BCUT2D eigenvalue weighted by atomic mass is 9.94. The van der Waals surface area contributed by atoms with Crippen molar-refractivity contribution < 1.29 is 14.7 Å². The Labute approximate surface area is 120 Å². The Hall–Kier alpha value is -1.30. The molecule has 20 heavy (non-hydrogen) atoms. The second kappa shape index (κ2) is 6.43. The number of likely N-dealkylation sites (tertiary alicyclic amines) is 1. The number of nitrogens with one attached hydrogen (secondary N) is 1. The molecule has 1 aliphatic carbocycles. The number of nitrogens with zero attached hydrogens (tertiary/aromatic N) is 2. The van der Waals surface area contributed by atoms with Gasteiger partial charge in [0.05, 0.1) is 0 Å². The third kappa shape index (κ3) is 3.23. The van der Waals surface area contributed by atoms with Gasteiger partial charge in [-0.05, 0) is 51.7 Å². The number of carboxylic acids is 1. The van der Waals surface area contributed by atoms with Crippen LogP contribution in [0.15, 0.2) is 0 Å². The van der Waals surface area contributed by atoms with Gasteiger partial charge in [0, 0.05) is 13.1 Å². The minimum Gasteiger partial charge on any atom is -0.480 e. The fourth-order valence-corrected chi connectivity index (χ4v) is 3.52. The van der Waals surface area contributed by atoms with E-state index in [1.165, 1.54) is 4.90 Å². The Morgan fingerprint density at radius 1 is 1.35 bits per heavy atom. The van der Waals surface area contributed by atoms with Gasteiger partial charge in [-0.15, -0.1) is 0 Å². The van der Waals surface area contributed by atoms with Crippen LogP contribution in [0.25, 0.3) is 0 Å². The molecule has 1 saturated heterocycles. The molecule has 3 atom stereocenters. The van der Waals surface area contributed by atoms with Gasteiger partial charge >= 0.3 is 12.0 Å². The smallest absolute Gasteiger partial charge is 0.326 e. The summed E-state index contributed by atoms with van der Waals surface area (Å²) in [6, 6.07) is -0.845. The molecule has 6 nitrogen and oxygen atoms in total. The van der Waals surface area contributed by atoms with Crippen molar-refractivity contribution in [2.75, 3.05) is 33.7 Å². The summed E-state index contributed by atoms with van der Waals surface area (Å²) >= 11 is 0. The minimum absolute atomic E-state index is 0.153. The molecule has 1 heterocycles. The zero-order valence-electron chi connectivity index (χ0n) is 12.3. The lowest BCUT2D eigenvalue weighted by Crippen LogP contribution is -2.48. The van der Waals surface area contributed by atoms with E-state index < -0.39 is 12.0 Å². The first-order valence-corrected chi connectivity index (χ1v) is 7.42. The van der Waals surface area contributed by atoms with Gasteiger partial charge in [0.25, 0.3) is 0 Å². The van der Waals surface area contributed by atoms with E-state index in [2.05, 4.69) is 10.2 Å². The van der Waals surface area contributed by atoms with Crippen LogP contribution in [0.4, 0.5) is 4.79 Å². The fourth-order valence-electron chi connectivity index (χ4n) is 3.52. The molecular weight excluding hydrogens is 258 g/mol. The maximum Gasteiger partial charge on any atom is 0.326 e. The molecule has 2 N–H and O–H groups in total. The number of rotatable bonds is 5. The molecule has 0 bridgehead atoms. The Bertz CT molecular complexity index is 373. The van der Waals surface area contributed by atoms with E-state index in [-0.39, 0.29) is 11.9 Å². The first kappa shape index (κ1) is 15.1. The van der Waals surface area contributed by atoms with Crippen molar-refractivity contribution >= 4 is 12.0 Å². The van der Waals surface area contributed by atoms with Crippen LogP contribution in [-0.2, 0) is 4.79 Å². The minimum atomic E-state index is -0.858. The number of hydrogen-bond acceptors (Lipinski definition) is 3. The van der Waals surface area contributed by atoms with Gasteiger partial charge in [0.2, 0.25) is 0 Å². The second-order valence-corrected chi connectivity index (χ2v) is 6.18. The van der Waals surface area contributed by atoms with Crippen LogP contribution in [0.3, 0.4) is 0 Å². The van der Waals surface area contributed by atoms with Gasteiger partial charge in [-0.3, -0.25) is 0 Å². The topological polar surface area (TPSA) is 72.9 Å². The quantitative estimate of drug-likeness (QED) is 0.733. The standard InChI is InChI=1S/C14H25N3O3/c1-16(2)8-4-7-15-14(20)17-9-10-5-3-6-11(10)12(17)13(18)19/h10-12H,3-9H2,1-2H3,(H,15,20)(H,18,19). The number of urea groups is 1. The van der Waals surface area contributed by atoms with Crippen LogP contribution >= 0.6 is 0 Å². The molecule has 0 aromatic rings. The van der Waals surface area contributed by atoms with Crippen molar-refractivity contribution in [1.82, 2.24) is 15.1 Å². The third-order valence-corrected chi connectivity index (χ3v) is 4.46. The van der Waals surface area contributed by atoms with Crippen LogP contribution in [0.5, 0.6) is 0 Å². The average Bonchev–Trinajstić information content (AvgIpc) is 2.92. The number of aliphatic carboxylic acids is 1. The molecule has 2 rings (SSSR count). The highest BCUT2D eigenvalue weighted by atomic mass is 16.4. The van der Waals surface area contributed by atoms with E-state index in [0.29, 0.717) is 19.0 Å². The maximum absolute atomic E-state index is 12.2. The number of hydrogen-bond donors (Lipinski definition) is 2. The molecule has 3 unspecified atom stereocenters. The fraction of sp³-hybridized carbons (Fsp3) is 0.857. The van der Waals surface area contributed by atoms with E-state index in [0.717, 1.165) is 32.2 Å². The molecule has 1 aliphatic heterocycles. The normalized spacial score (nSPS) is 28.8. The molecule has 2 fully saturated rings. The van der Waals surface area contributed by atoms with E-state index in [1.807, 2.05) is 14.1 Å². The first-order chi connectivity index (χ1) is 9.50. The number of carbonyl (C=O) groups is 2. The van der Waals surface area contributed by atoms with Crippen molar-refractivity contribution in [1.29, 1.82) is 0 Å². The zero-order valence-corrected chi connectivity index (χ0v) is 12.3. The van der Waals surface area contributed by atoms with Crippen LogP contribution in [0.1, 0.15) is 25.7 Å². The summed E-state index contributed by atoms with van der Waals surface area (Å²) in [6.07, 6.45) is 3.96. The predicted molar refractivity (Wildman–Crippen MR) is 75.5 cm³/mol. The molecule has 0 aromatic heterocycles. The van der Waals surface area contributed by atoms with Crippen molar-refractivity contribution in [3.05, 3.63) is 0 Å². The molecule has 0 spiro atoms. The third-order valence-electron chi connectivity index (χ3n) is 4.46. The van der Waals surface area contributed by atoms with E-state index in [4.69, 9.17) is 0 Å². The van der Waals surface area contributed by atoms with E-state index >= 15 is 0 Å². The highest BCUT2D eigenvalue weighted by molar-refractivity contribution is 5.83. The highest BCUT2D eigenvalue weighted by Gasteiger charge is 2.49. The second-order valence-electron chi connectivity index (χ2n) is 6.18. The molecule has 2 aliphatic rings. The lowest BCUT2D eigenvalue weighted by Gasteiger charge is -2.24. The largest absolute Gasteiger partial charge is 0.480 e. The molecule has 0 radical (unpaired) electrons. The SMILES string of the molecule is CN(C)CCCNC(=O)N1CC2CCCC2C1C(=O)O. The number of fused-ring (bicyclic) bond motifs is 1. The van der Waals surface area contributed by atoms with Gasteiger partial charge in [-0.1, -0.05) is 6.42 Å². The molecule has 2 amide bonds. The Morgan fingerprint density at radius 3 is 2.75 bits per heavy atom. The molecule has 0 aromatic carbocycles. The summed E-state index contributed by atoms with van der Waals surface area (Å²) in [7, 11) is 3.98. The number of carboxylic acid groups (broad SMARTS) is 1. The van der Waals surface area contributed by atoms with Gasteiger partial charge in [-0.25, -0.2) is 9.59 Å². The van der Waals surface area contributed by atoms with Crippen LogP contribution in [0, 0.1) is 11.8 Å². The summed E-state index contributed by atoms with van der Waals surface area (Å²) in [6.45, 7) is 2.10. The van der Waals surface area contributed by atoms with Gasteiger partial charge in [0.15, 0.2) is 0 Å². The van der Waals surface area contributed by atoms with Crippen LogP contribution < -0.4 is 5.32 Å². The Kier molecular flexibility index (Phi) is 4.86. The summed E-state index contributed by atoms with van der Waals surface area (Å²) in [4.78, 5) is 27.2. The zero-order chi connectivity index (χ0) is 14.7. The van der Waals surface area contributed by atoms with Gasteiger partial charge in [0.1, 0.15) is 6.04 Å².